The van der Waals surface area contributed by atoms with Crippen LogP contribution in [-0.4, -0.2) is 44.6 Å². The van der Waals surface area contributed by atoms with Crippen molar-refractivity contribution in [1.82, 2.24) is 0 Å². The molecule has 5 nitrogen and oxygen atoms in total. The van der Waals surface area contributed by atoms with Gasteiger partial charge >= 0.3 is 5.97 Å². The molecule has 1 radical (unpaired) electrons. The van der Waals surface area contributed by atoms with Crippen molar-refractivity contribution in [3.63, 3.8) is 0 Å². The Morgan fingerprint density at radius 1 is 1.16 bits per heavy atom. The standard InChI is InChI=1S/C13H18O5.Ag/c1-16-7-8-17-9-10-18-12(13(14)15)11-5-3-2-4-6-11;/h2-6,12H,7-10H2,1H3,(H,14,15);. The molecule has 1 aromatic carbocycles. The maximum atomic E-state index is 11.1. The Labute approximate surface area is 128 Å². The molecule has 0 aliphatic heterocycles. The van der Waals surface area contributed by atoms with Crippen LogP contribution in [-0.2, 0) is 41.4 Å². The van der Waals surface area contributed by atoms with E-state index in [9.17, 15) is 4.79 Å². The Morgan fingerprint density at radius 2 is 1.79 bits per heavy atom. The molecule has 1 atom stereocenters. The molecule has 0 amide bonds. The molecule has 0 aliphatic rings. The van der Waals surface area contributed by atoms with Gasteiger partial charge in [-0.15, -0.1) is 0 Å². The van der Waals surface area contributed by atoms with Gasteiger partial charge in [-0.3, -0.25) is 0 Å². The van der Waals surface area contributed by atoms with Crippen LogP contribution in [0.5, 0.6) is 0 Å². The van der Waals surface area contributed by atoms with Crippen LogP contribution in [0.1, 0.15) is 11.7 Å². The maximum Gasteiger partial charge on any atom is 0.337 e. The van der Waals surface area contributed by atoms with E-state index in [-0.39, 0.29) is 29.0 Å². The zero-order valence-electron chi connectivity index (χ0n) is 10.7. The topological polar surface area (TPSA) is 65.0 Å². The van der Waals surface area contributed by atoms with Crippen LogP contribution in [0.4, 0.5) is 0 Å². The van der Waals surface area contributed by atoms with E-state index in [0.29, 0.717) is 25.4 Å². The zero-order chi connectivity index (χ0) is 13.2. The second-order valence-corrected chi connectivity index (χ2v) is 3.60. The molecule has 1 rings (SSSR count). The molecule has 111 valence electrons. The van der Waals surface area contributed by atoms with E-state index in [1.54, 1.807) is 31.4 Å². The molecule has 0 spiro atoms. The molecule has 1 unspecified atom stereocenters. The summed E-state index contributed by atoms with van der Waals surface area (Å²) in [4.78, 5) is 11.1. The van der Waals surface area contributed by atoms with E-state index in [2.05, 4.69) is 0 Å². The van der Waals surface area contributed by atoms with Gasteiger partial charge in [-0.05, 0) is 5.56 Å². The number of rotatable bonds is 9. The monoisotopic (exact) mass is 361 g/mol. The third-order valence-corrected chi connectivity index (χ3v) is 2.27. The van der Waals surface area contributed by atoms with Crippen molar-refractivity contribution in [2.45, 2.75) is 6.10 Å². The summed E-state index contributed by atoms with van der Waals surface area (Å²) in [5.41, 5.74) is 0.627. The SMILES string of the molecule is COCCOCCOC(C(=O)O)c1ccccc1.[Ag]. The Balaban J connectivity index is 0.00000324. The molecular weight excluding hydrogens is 344 g/mol. The summed E-state index contributed by atoms with van der Waals surface area (Å²) in [6, 6.07) is 8.85. The zero-order valence-corrected chi connectivity index (χ0v) is 12.2. The molecule has 0 fully saturated rings. The van der Waals surface area contributed by atoms with Gasteiger partial charge < -0.3 is 19.3 Å². The number of carbonyl (C=O) groups is 1. The Kier molecular flexibility index (Phi) is 10.8. The van der Waals surface area contributed by atoms with E-state index >= 15 is 0 Å². The normalized spacial score (nSPS) is 11.6. The Hall–Kier alpha value is -0.690. The molecule has 0 aliphatic carbocycles. The van der Waals surface area contributed by atoms with Crippen LogP contribution in [0.15, 0.2) is 30.3 Å². The summed E-state index contributed by atoms with van der Waals surface area (Å²) >= 11 is 0. The summed E-state index contributed by atoms with van der Waals surface area (Å²) in [5.74, 6) is -1.00. The number of aliphatic carboxylic acids is 1. The first kappa shape index (κ1) is 18.3. The van der Waals surface area contributed by atoms with Crippen molar-refractivity contribution in [2.75, 3.05) is 33.5 Å². The van der Waals surface area contributed by atoms with Crippen molar-refractivity contribution < 1.29 is 46.5 Å². The Morgan fingerprint density at radius 3 is 2.37 bits per heavy atom. The third kappa shape index (κ3) is 7.47. The van der Waals surface area contributed by atoms with Crippen molar-refractivity contribution in [3.8, 4) is 0 Å². The Bertz CT molecular complexity index is 344. The van der Waals surface area contributed by atoms with Gasteiger partial charge in [0.1, 0.15) is 0 Å². The number of carboxylic acids is 1. The summed E-state index contributed by atoms with van der Waals surface area (Å²) < 4.78 is 15.3. The van der Waals surface area contributed by atoms with E-state index in [1.165, 1.54) is 0 Å². The predicted molar refractivity (Wildman–Crippen MR) is 65.5 cm³/mol. The fourth-order valence-corrected chi connectivity index (χ4v) is 1.41. The quantitative estimate of drug-likeness (QED) is 0.533. The molecule has 1 aromatic rings. The minimum absolute atomic E-state index is 0. The molecule has 0 bridgehead atoms. The molecule has 19 heavy (non-hydrogen) atoms. The van der Waals surface area contributed by atoms with Crippen LogP contribution >= 0.6 is 0 Å². The van der Waals surface area contributed by atoms with Crippen LogP contribution in [0.3, 0.4) is 0 Å². The van der Waals surface area contributed by atoms with E-state index < -0.39 is 12.1 Å². The summed E-state index contributed by atoms with van der Waals surface area (Å²) in [6.07, 6.45) is -0.947. The molecule has 0 heterocycles. The number of carboxylic acid groups (broad SMARTS) is 1. The first-order valence-electron chi connectivity index (χ1n) is 5.71. The minimum Gasteiger partial charge on any atom is -0.479 e. The van der Waals surface area contributed by atoms with Gasteiger partial charge in [-0.25, -0.2) is 4.79 Å². The van der Waals surface area contributed by atoms with E-state index in [1.807, 2.05) is 6.07 Å². The number of ether oxygens (including phenoxy) is 3. The van der Waals surface area contributed by atoms with Crippen molar-refractivity contribution in [3.05, 3.63) is 35.9 Å². The van der Waals surface area contributed by atoms with Gasteiger partial charge in [0.2, 0.25) is 0 Å². The maximum absolute atomic E-state index is 11.1. The average Bonchev–Trinajstić information content (AvgIpc) is 2.38. The van der Waals surface area contributed by atoms with E-state index in [0.717, 1.165) is 0 Å². The molecule has 0 aromatic heterocycles. The molecule has 0 saturated heterocycles. The molecule has 0 saturated carbocycles. The van der Waals surface area contributed by atoms with Gasteiger partial charge in [0.25, 0.3) is 0 Å². The first-order valence-corrected chi connectivity index (χ1v) is 5.71. The third-order valence-electron chi connectivity index (χ3n) is 2.27. The van der Waals surface area contributed by atoms with Crippen LogP contribution in [0.25, 0.3) is 0 Å². The summed E-state index contributed by atoms with van der Waals surface area (Å²) in [5, 5.41) is 9.08. The van der Waals surface area contributed by atoms with Crippen molar-refractivity contribution >= 4 is 5.97 Å². The predicted octanol–water partition coefficient (Wildman–Crippen LogP) is 1.49. The van der Waals surface area contributed by atoms with Crippen LogP contribution in [0.2, 0.25) is 0 Å². The molecule has 1 N–H and O–H groups in total. The second kappa shape index (κ2) is 11.2. The van der Waals surface area contributed by atoms with Gasteiger partial charge in [0.15, 0.2) is 6.10 Å². The van der Waals surface area contributed by atoms with E-state index in [4.69, 9.17) is 19.3 Å². The number of benzene rings is 1. The largest absolute Gasteiger partial charge is 0.479 e. The average molecular weight is 362 g/mol. The summed E-state index contributed by atoms with van der Waals surface area (Å²) in [6.45, 7) is 1.57. The van der Waals surface area contributed by atoms with Gasteiger partial charge in [-0.2, -0.15) is 0 Å². The first-order chi connectivity index (χ1) is 8.75. The van der Waals surface area contributed by atoms with Crippen LogP contribution in [0, 0.1) is 0 Å². The number of hydrogen-bond acceptors (Lipinski definition) is 4. The smallest absolute Gasteiger partial charge is 0.337 e. The fourth-order valence-electron chi connectivity index (χ4n) is 1.41. The van der Waals surface area contributed by atoms with Crippen LogP contribution < -0.4 is 0 Å². The van der Waals surface area contributed by atoms with Gasteiger partial charge in [0.05, 0.1) is 26.4 Å². The van der Waals surface area contributed by atoms with Crippen molar-refractivity contribution in [1.29, 1.82) is 0 Å². The second-order valence-electron chi connectivity index (χ2n) is 3.60. The van der Waals surface area contributed by atoms with Gasteiger partial charge in [-0.1, -0.05) is 30.3 Å². The summed E-state index contributed by atoms with van der Waals surface area (Å²) in [7, 11) is 1.59. The minimum atomic E-state index is -1.00. The number of hydrogen-bond donors (Lipinski definition) is 1. The molecule has 6 heteroatoms. The molecular formula is C13H18AgO5. The number of methoxy groups -OCH3 is 1. The van der Waals surface area contributed by atoms with Gasteiger partial charge in [0, 0.05) is 29.5 Å². The van der Waals surface area contributed by atoms with Crippen molar-refractivity contribution in [2.24, 2.45) is 0 Å². The fraction of sp³-hybridized carbons (Fsp3) is 0.462.